The quantitative estimate of drug-likeness (QED) is 0.795. The van der Waals surface area contributed by atoms with Crippen LogP contribution in [-0.4, -0.2) is 18.0 Å². The summed E-state index contributed by atoms with van der Waals surface area (Å²) in [6.45, 7) is 0. The zero-order valence-corrected chi connectivity index (χ0v) is 11.2. The van der Waals surface area contributed by atoms with Crippen molar-refractivity contribution in [1.29, 1.82) is 0 Å². The maximum absolute atomic E-state index is 12.0. The molecule has 2 rings (SSSR count). The second-order valence-electron chi connectivity index (χ2n) is 5.12. The number of benzene rings is 1. The summed E-state index contributed by atoms with van der Waals surface area (Å²) in [7, 11) is 0. The van der Waals surface area contributed by atoms with Crippen molar-refractivity contribution in [2.75, 3.05) is 0 Å². The topological polar surface area (TPSA) is 55.1 Å². The van der Waals surface area contributed by atoms with Gasteiger partial charge in [0.2, 0.25) is 5.91 Å². The number of hydrogen-bond donors (Lipinski definition) is 2. The maximum Gasteiger partial charge on any atom is 0.237 e. The van der Waals surface area contributed by atoms with Crippen molar-refractivity contribution < 1.29 is 4.79 Å². The second kappa shape index (κ2) is 7.10. The van der Waals surface area contributed by atoms with Crippen LogP contribution in [0.3, 0.4) is 0 Å². The number of nitrogens with two attached hydrogens (primary N) is 1. The summed E-state index contributed by atoms with van der Waals surface area (Å²) in [6.07, 6.45) is 8.83. The summed E-state index contributed by atoms with van der Waals surface area (Å²) >= 11 is 0. The predicted octanol–water partition coefficient (Wildman–Crippen LogP) is 2.17. The predicted molar refractivity (Wildman–Crippen MR) is 77.7 cm³/mol. The Morgan fingerprint density at radius 3 is 2.79 bits per heavy atom. The molecule has 3 N–H and O–H groups in total. The molecular weight excluding hydrogens is 236 g/mol. The van der Waals surface area contributed by atoms with Gasteiger partial charge in [-0.1, -0.05) is 42.5 Å². The number of allylic oxidation sites excluding steroid dienone is 1. The van der Waals surface area contributed by atoms with Crippen LogP contribution in [0.5, 0.6) is 0 Å². The Bertz CT molecular complexity index is 428. The molecule has 1 aromatic carbocycles. The number of carbonyl (C=O) groups is 1. The van der Waals surface area contributed by atoms with E-state index in [0.29, 0.717) is 6.42 Å². The minimum atomic E-state index is -0.411. The van der Waals surface area contributed by atoms with Crippen molar-refractivity contribution in [3.8, 4) is 0 Å². The molecule has 3 heteroatoms. The van der Waals surface area contributed by atoms with Crippen molar-refractivity contribution in [2.24, 2.45) is 5.73 Å². The summed E-state index contributed by atoms with van der Waals surface area (Å²) < 4.78 is 0. The van der Waals surface area contributed by atoms with E-state index in [9.17, 15) is 4.79 Å². The van der Waals surface area contributed by atoms with E-state index in [0.717, 1.165) is 25.7 Å². The van der Waals surface area contributed by atoms with Crippen LogP contribution in [0.2, 0.25) is 0 Å². The minimum absolute atomic E-state index is 0.0174. The maximum atomic E-state index is 12.0. The molecule has 1 aliphatic rings. The van der Waals surface area contributed by atoms with Crippen LogP contribution < -0.4 is 11.1 Å². The first-order valence-corrected chi connectivity index (χ1v) is 7.00. The van der Waals surface area contributed by atoms with Gasteiger partial charge >= 0.3 is 0 Å². The summed E-state index contributed by atoms with van der Waals surface area (Å²) in [5.74, 6) is -0.0174. The molecule has 0 saturated heterocycles. The first-order chi connectivity index (χ1) is 9.25. The molecule has 0 fully saturated rings. The van der Waals surface area contributed by atoms with E-state index in [4.69, 9.17) is 5.73 Å². The molecule has 102 valence electrons. The van der Waals surface area contributed by atoms with Gasteiger partial charge in [-0.2, -0.15) is 0 Å². The van der Waals surface area contributed by atoms with Crippen LogP contribution in [-0.2, 0) is 11.2 Å². The van der Waals surface area contributed by atoms with Gasteiger partial charge in [-0.3, -0.25) is 4.79 Å². The van der Waals surface area contributed by atoms with Gasteiger partial charge in [0.25, 0.3) is 0 Å². The first kappa shape index (κ1) is 13.8. The highest BCUT2D eigenvalue weighted by atomic mass is 16.2. The Hall–Kier alpha value is -1.61. The third kappa shape index (κ3) is 4.52. The van der Waals surface area contributed by atoms with Crippen molar-refractivity contribution in [1.82, 2.24) is 5.32 Å². The van der Waals surface area contributed by atoms with Crippen LogP contribution >= 0.6 is 0 Å². The second-order valence-corrected chi connectivity index (χ2v) is 5.12. The van der Waals surface area contributed by atoms with Gasteiger partial charge < -0.3 is 11.1 Å². The number of nitrogens with one attached hydrogen (secondary N) is 1. The van der Waals surface area contributed by atoms with Crippen molar-refractivity contribution in [2.45, 2.75) is 44.2 Å². The molecule has 1 amide bonds. The lowest BCUT2D eigenvalue weighted by molar-refractivity contribution is -0.123. The van der Waals surface area contributed by atoms with Crippen molar-refractivity contribution >= 4 is 5.91 Å². The normalized spacial score (nSPS) is 19.9. The van der Waals surface area contributed by atoms with Crippen molar-refractivity contribution in [3.63, 3.8) is 0 Å². The van der Waals surface area contributed by atoms with E-state index in [1.807, 2.05) is 18.2 Å². The fraction of sp³-hybridized carbons (Fsp3) is 0.438. The van der Waals surface area contributed by atoms with Crippen LogP contribution in [0.1, 0.15) is 31.2 Å². The van der Waals surface area contributed by atoms with Gasteiger partial charge in [0, 0.05) is 6.04 Å². The number of hydrogen-bond acceptors (Lipinski definition) is 2. The Morgan fingerprint density at radius 1 is 1.32 bits per heavy atom. The number of carbonyl (C=O) groups excluding carboxylic acids is 1. The highest BCUT2D eigenvalue weighted by molar-refractivity contribution is 5.81. The summed E-state index contributed by atoms with van der Waals surface area (Å²) in [4.78, 5) is 12.0. The van der Waals surface area contributed by atoms with E-state index in [-0.39, 0.29) is 11.9 Å². The standard InChI is InChI=1S/C16H22N2O/c17-15(12-11-13-7-3-1-4-8-13)16(19)18-14-9-5-2-6-10-14/h1-5,7-8,14-15H,6,9-12,17H2,(H,18,19). The average molecular weight is 258 g/mol. The molecular formula is C16H22N2O. The highest BCUT2D eigenvalue weighted by Gasteiger charge is 2.18. The average Bonchev–Trinajstić information content (AvgIpc) is 2.47. The lowest BCUT2D eigenvalue weighted by Crippen LogP contribution is -2.45. The largest absolute Gasteiger partial charge is 0.352 e. The fourth-order valence-electron chi connectivity index (χ4n) is 2.33. The summed E-state index contributed by atoms with van der Waals surface area (Å²) in [5.41, 5.74) is 7.18. The molecule has 1 aromatic rings. The number of aryl methyl sites for hydroxylation is 1. The Kier molecular flexibility index (Phi) is 5.16. The third-order valence-corrected chi connectivity index (χ3v) is 3.54. The number of rotatable bonds is 5. The Balaban J connectivity index is 1.74. The molecule has 19 heavy (non-hydrogen) atoms. The monoisotopic (exact) mass is 258 g/mol. The molecule has 0 aliphatic heterocycles. The smallest absolute Gasteiger partial charge is 0.237 e. The van der Waals surface area contributed by atoms with E-state index in [1.165, 1.54) is 5.56 Å². The van der Waals surface area contributed by atoms with E-state index < -0.39 is 6.04 Å². The SMILES string of the molecule is NC(CCc1ccccc1)C(=O)NC1CC=CCC1. The van der Waals surface area contributed by atoms with Crippen LogP contribution in [0.4, 0.5) is 0 Å². The molecule has 1 aliphatic carbocycles. The minimum Gasteiger partial charge on any atom is -0.352 e. The lowest BCUT2D eigenvalue weighted by Gasteiger charge is -2.21. The van der Waals surface area contributed by atoms with E-state index in [2.05, 4.69) is 29.6 Å². The van der Waals surface area contributed by atoms with Gasteiger partial charge in [0.15, 0.2) is 0 Å². The molecule has 0 aromatic heterocycles. The van der Waals surface area contributed by atoms with E-state index >= 15 is 0 Å². The number of amides is 1. The molecule has 0 saturated carbocycles. The molecule has 0 heterocycles. The van der Waals surface area contributed by atoms with Gasteiger partial charge in [-0.15, -0.1) is 0 Å². The molecule has 2 atom stereocenters. The summed E-state index contributed by atoms with van der Waals surface area (Å²) in [6, 6.07) is 10.00. The zero-order valence-electron chi connectivity index (χ0n) is 11.2. The van der Waals surface area contributed by atoms with Crippen LogP contribution in [0.15, 0.2) is 42.5 Å². The Labute approximate surface area is 114 Å². The van der Waals surface area contributed by atoms with Crippen LogP contribution in [0.25, 0.3) is 0 Å². The lowest BCUT2D eigenvalue weighted by atomic mass is 10.0. The highest BCUT2D eigenvalue weighted by Crippen LogP contribution is 2.11. The van der Waals surface area contributed by atoms with Gasteiger partial charge in [-0.05, 0) is 37.7 Å². The van der Waals surface area contributed by atoms with Crippen molar-refractivity contribution in [3.05, 3.63) is 48.0 Å². The third-order valence-electron chi connectivity index (χ3n) is 3.54. The molecule has 2 unspecified atom stereocenters. The van der Waals surface area contributed by atoms with E-state index in [1.54, 1.807) is 0 Å². The zero-order chi connectivity index (χ0) is 13.5. The fourth-order valence-corrected chi connectivity index (χ4v) is 2.33. The summed E-state index contributed by atoms with van der Waals surface area (Å²) in [5, 5.41) is 3.04. The van der Waals surface area contributed by atoms with Gasteiger partial charge in [0.05, 0.1) is 6.04 Å². The van der Waals surface area contributed by atoms with Gasteiger partial charge in [0.1, 0.15) is 0 Å². The Morgan fingerprint density at radius 2 is 2.11 bits per heavy atom. The van der Waals surface area contributed by atoms with Gasteiger partial charge in [-0.25, -0.2) is 0 Å². The molecule has 0 radical (unpaired) electrons. The van der Waals surface area contributed by atoms with Crippen LogP contribution in [0, 0.1) is 0 Å². The molecule has 0 bridgehead atoms. The first-order valence-electron chi connectivity index (χ1n) is 7.00. The molecule has 0 spiro atoms. The molecule has 3 nitrogen and oxygen atoms in total.